The molecular formula is C5H7NOS. The largest absolute Gasteiger partial charge is 0.276 e. The maximum Gasteiger partial charge on any atom is 0.126 e. The van der Waals surface area contributed by atoms with E-state index in [1.54, 1.807) is 12.2 Å². The van der Waals surface area contributed by atoms with Crippen molar-refractivity contribution in [1.29, 1.82) is 0 Å². The van der Waals surface area contributed by atoms with Crippen molar-refractivity contribution in [1.82, 2.24) is 5.06 Å². The van der Waals surface area contributed by atoms with Crippen LogP contribution in [0.15, 0.2) is 12.2 Å². The first-order chi connectivity index (χ1) is 3.84. The van der Waals surface area contributed by atoms with E-state index in [1.807, 2.05) is 12.2 Å². The van der Waals surface area contributed by atoms with E-state index in [4.69, 9.17) is 17.1 Å². The Bertz CT molecular complexity index is 132. The number of hydrogen-bond donors (Lipinski definition) is 0. The number of rotatable bonds is 1. The summed E-state index contributed by atoms with van der Waals surface area (Å²) in [5.41, 5.74) is 0. The molecule has 0 atom stereocenters. The van der Waals surface area contributed by atoms with Crippen molar-refractivity contribution in [3.63, 3.8) is 0 Å². The van der Waals surface area contributed by atoms with Gasteiger partial charge in [-0.3, -0.25) is 4.84 Å². The third kappa shape index (κ3) is 0.877. The van der Waals surface area contributed by atoms with Crippen molar-refractivity contribution >= 4 is 17.2 Å². The van der Waals surface area contributed by atoms with Crippen molar-refractivity contribution in [3.8, 4) is 0 Å². The third-order valence-corrected chi connectivity index (χ3v) is 1.34. The molecule has 0 N–H and O–H groups in total. The van der Waals surface area contributed by atoms with Crippen molar-refractivity contribution in [3.05, 3.63) is 12.2 Å². The highest BCUT2D eigenvalue weighted by Gasteiger charge is 2.07. The molecule has 0 saturated heterocycles. The van der Waals surface area contributed by atoms with Crippen LogP contribution in [0.25, 0.3) is 0 Å². The van der Waals surface area contributed by atoms with Crippen LogP contribution >= 0.6 is 12.2 Å². The smallest absolute Gasteiger partial charge is 0.126 e. The maximum absolute atomic E-state index is 4.85. The minimum atomic E-state index is 0.757. The fraction of sp³-hybridized carbons (Fsp3) is 0.400. The summed E-state index contributed by atoms with van der Waals surface area (Å²) in [7, 11) is 1.61. The lowest BCUT2D eigenvalue weighted by atomic mass is 10.6. The van der Waals surface area contributed by atoms with Gasteiger partial charge in [0.05, 0.1) is 13.7 Å². The molecule has 3 heteroatoms. The van der Waals surface area contributed by atoms with Crippen molar-refractivity contribution in [2.45, 2.75) is 0 Å². The number of thiocarbonyl (C=S) groups is 1. The molecule has 0 amide bonds. The second kappa shape index (κ2) is 2.24. The minimum absolute atomic E-state index is 0.757. The van der Waals surface area contributed by atoms with E-state index >= 15 is 0 Å². The zero-order chi connectivity index (χ0) is 5.98. The predicted molar refractivity (Wildman–Crippen MR) is 35.5 cm³/mol. The van der Waals surface area contributed by atoms with E-state index in [0.29, 0.717) is 0 Å². The Morgan fingerprint density at radius 2 is 2.62 bits per heavy atom. The zero-order valence-electron chi connectivity index (χ0n) is 4.63. The van der Waals surface area contributed by atoms with Gasteiger partial charge in [0.2, 0.25) is 0 Å². The van der Waals surface area contributed by atoms with Crippen molar-refractivity contribution < 1.29 is 4.84 Å². The average Bonchev–Trinajstić information content (AvgIpc) is 2.14. The van der Waals surface area contributed by atoms with Crippen LogP contribution < -0.4 is 0 Å². The Morgan fingerprint density at radius 1 is 1.88 bits per heavy atom. The second-order valence-corrected chi connectivity index (χ2v) is 1.90. The molecule has 8 heavy (non-hydrogen) atoms. The molecule has 1 rings (SSSR count). The minimum Gasteiger partial charge on any atom is -0.276 e. The third-order valence-electron chi connectivity index (χ3n) is 0.998. The molecule has 0 saturated carbocycles. The number of hydroxylamine groups is 2. The van der Waals surface area contributed by atoms with E-state index in [2.05, 4.69) is 0 Å². The molecule has 0 aliphatic carbocycles. The Balaban J connectivity index is 2.51. The molecule has 1 aliphatic rings. The number of nitrogens with zero attached hydrogens (tertiary/aromatic N) is 1. The summed E-state index contributed by atoms with van der Waals surface area (Å²) in [6, 6.07) is 0. The van der Waals surface area contributed by atoms with Crippen LogP contribution in [0.4, 0.5) is 0 Å². The summed E-state index contributed by atoms with van der Waals surface area (Å²) in [5, 5.41) is 1.65. The molecule has 0 aromatic heterocycles. The Labute approximate surface area is 53.7 Å². The second-order valence-electron chi connectivity index (χ2n) is 1.48. The highest BCUT2D eigenvalue weighted by molar-refractivity contribution is 7.80. The fourth-order valence-electron chi connectivity index (χ4n) is 0.587. The van der Waals surface area contributed by atoms with E-state index in [-0.39, 0.29) is 0 Å². The van der Waals surface area contributed by atoms with Crippen molar-refractivity contribution in [2.75, 3.05) is 13.7 Å². The standard InChI is InChI=1S/C5H7NOS/c1-7-6-4-2-3-5(6)8/h2-3H,4H2,1H3. The van der Waals surface area contributed by atoms with Crippen LogP contribution in [-0.4, -0.2) is 23.7 Å². The van der Waals surface area contributed by atoms with Gasteiger partial charge in [-0.15, -0.1) is 0 Å². The highest BCUT2D eigenvalue weighted by Crippen LogP contribution is 2.01. The molecule has 1 aliphatic heterocycles. The van der Waals surface area contributed by atoms with Crippen LogP contribution in [-0.2, 0) is 4.84 Å². The van der Waals surface area contributed by atoms with Gasteiger partial charge in [-0.25, -0.2) is 5.06 Å². The average molecular weight is 129 g/mol. The topological polar surface area (TPSA) is 12.5 Å². The molecule has 0 unspecified atom stereocenters. The SMILES string of the molecule is CON1CC=CC1=S. The highest BCUT2D eigenvalue weighted by atomic mass is 32.1. The Kier molecular flexibility index (Phi) is 1.60. The van der Waals surface area contributed by atoms with Gasteiger partial charge >= 0.3 is 0 Å². The van der Waals surface area contributed by atoms with Crippen LogP contribution in [0.1, 0.15) is 0 Å². The molecule has 0 aromatic rings. The first-order valence-corrected chi connectivity index (χ1v) is 2.77. The van der Waals surface area contributed by atoms with Crippen LogP contribution in [0.2, 0.25) is 0 Å². The Morgan fingerprint density at radius 3 is 2.88 bits per heavy atom. The predicted octanol–water partition coefficient (Wildman–Crippen LogP) is 0.747. The molecule has 0 radical (unpaired) electrons. The van der Waals surface area contributed by atoms with Gasteiger partial charge in [-0.05, 0) is 6.08 Å². The summed E-state index contributed by atoms with van der Waals surface area (Å²) < 4.78 is 0. The van der Waals surface area contributed by atoms with Gasteiger partial charge in [0, 0.05) is 0 Å². The summed E-state index contributed by atoms with van der Waals surface area (Å²) in [4.78, 5) is 5.61. The molecule has 2 nitrogen and oxygen atoms in total. The molecule has 0 bridgehead atoms. The van der Waals surface area contributed by atoms with Crippen LogP contribution in [0, 0.1) is 0 Å². The first kappa shape index (κ1) is 5.72. The van der Waals surface area contributed by atoms with Gasteiger partial charge in [0.15, 0.2) is 0 Å². The maximum atomic E-state index is 4.85. The van der Waals surface area contributed by atoms with Crippen molar-refractivity contribution in [2.24, 2.45) is 0 Å². The quantitative estimate of drug-likeness (QED) is 0.485. The molecule has 0 aromatic carbocycles. The van der Waals surface area contributed by atoms with Gasteiger partial charge in [-0.2, -0.15) is 0 Å². The van der Waals surface area contributed by atoms with E-state index < -0.39 is 0 Å². The molecule has 44 valence electrons. The normalized spacial score (nSPS) is 18.1. The monoisotopic (exact) mass is 129 g/mol. The lowest BCUT2D eigenvalue weighted by Gasteiger charge is -2.12. The van der Waals surface area contributed by atoms with E-state index in [0.717, 1.165) is 11.5 Å². The lowest BCUT2D eigenvalue weighted by molar-refractivity contribution is -0.0485. The van der Waals surface area contributed by atoms with Crippen LogP contribution in [0.3, 0.4) is 0 Å². The summed E-state index contributed by atoms with van der Waals surface area (Å²) in [5.74, 6) is 0. The Hall–Kier alpha value is -0.410. The fourth-order valence-corrected chi connectivity index (χ4v) is 0.832. The lowest BCUT2D eigenvalue weighted by Crippen LogP contribution is -2.21. The molecule has 1 heterocycles. The number of hydrogen-bond acceptors (Lipinski definition) is 2. The van der Waals surface area contributed by atoms with E-state index in [1.165, 1.54) is 0 Å². The summed E-state index contributed by atoms with van der Waals surface area (Å²) in [6.45, 7) is 0.787. The van der Waals surface area contributed by atoms with E-state index in [9.17, 15) is 0 Å². The van der Waals surface area contributed by atoms with Gasteiger partial charge in [0.1, 0.15) is 4.99 Å². The van der Waals surface area contributed by atoms with Gasteiger partial charge < -0.3 is 0 Å². The molecule has 0 spiro atoms. The summed E-state index contributed by atoms with van der Waals surface area (Å²) >= 11 is 4.85. The molecule has 0 fully saturated rings. The first-order valence-electron chi connectivity index (χ1n) is 2.37. The molecular weight excluding hydrogens is 122 g/mol. The zero-order valence-corrected chi connectivity index (χ0v) is 5.44. The summed E-state index contributed by atoms with van der Waals surface area (Å²) in [6.07, 6.45) is 3.82. The van der Waals surface area contributed by atoms with Gasteiger partial charge in [0.25, 0.3) is 0 Å². The van der Waals surface area contributed by atoms with Crippen LogP contribution in [0.5, 0.6) is 0 Å². The van der Waals surface area contributed by atoms with Gasteiger partial charge in [-0.1, -0.05) is 18.3 Å².